The molecule has 0 aromatic heterocycles. The molecule has 13 heavy (non-hydrogen) atoms. The second kappa shape index (κ2) is 4.88. The van der Waals surface area contributed by atoms with Gasteiger partial charge in [-0.3, -0.25) is 4.79 Å². The minimum absolute atomic E-state index is 0.203. The van der Waals surface area contributed by atoms with E-state index in [9.17, 15) is 9.90 Å². The summed E-state index contributed by atoms with van der Waals surface area (Å²) in [5.74, 6) is 1.83. The molecule has 0 saturated carbocycles. The van der Waals surface area contributed by atoms with Crippen molar-refractivity contribution in [2.24, 2.45) is 5.92 Å². The summed E-state index contributed by atoms with van der Waals surface area (Å²) < 4.78 is 0. The maximum atomic E-state index is 10.7. The minimum Gasteiger partial charge on any atom is -0.388 e. The summed E-state index contributed by atoms with van der Waals surface area (Å²) in [7, 11) is 0. The van der Waals surface area contributed by atoms with Gasteiger partial charge in [0.1, 0.15) is 0 Å². The fraction of sp³-hybridized carbons (Fsp3) is 0.700. The summed E-state index contributed by atoms with van der Waals surface area (Å²) in [6.07, 6.45) is 5.50. The number of aliphatic hydroxyl groups is 1. The Bertz CT molecular complexity index is 213. The quantitative estimate of drug-likeness (QED) is 0.625. The molecular weight excluding hydrogens is 166 g/mol. The van der Waals surface area contributed by atoms with Crippen LogP contribution in [0.4, 0.5) is 0 Å². The van der Waals surface area contributed by atoms with Crippen molar-refractivity contribution in [1.82, 2.24) is 5.32 Å². The highest BCUT2D eigenvalue weighted by Crippen LogP contribution is 2.14. The van der Waals surface area contributed by atoms with Gasteiger partial charge in [0.15, 0.2) is 0 Å². The van der Waals surface area contributed by atoms with E-state index in [2.05, 4.69) is 5.32 Å². The molecule has 0 radical (unpaired) electrons. The van der Waals surface area contributed by atoms with E-state index in [1.54, 1.807) is 6.92 Å². The van der Waals surface area contributed by atoms with Gasteiger partial charge in [-0.05, 0) is 25.2 Å². The number of rotatable bonds is 4. The lowest BCUT2D eigenvalue weighted by molar-refractivity contribution is -0.116. The Balaban J connectivity index is 3.90. The summed E-state index contributed by atoms with van der Waals surface area (Å²) in [6.45, 7) is 5.91. The fourth-order valence-electron chi connectivity index (χ4n) is 1.27. The molecule has 0 saturated heterocycles. The van der Waals surface area contributed by atoms with Crippen LogP contribution in [0.15, 0.2) is 0 Å². The predicted octanol–water partition coefficient (Wildman–Crippen LogP) is 0.533. The van der Waals surface area contributed by atoms with E-state index < -0.39 is 11.5 Å². The van der Waals surface area contributed by atoms with Crippen LogP contribution in [-0.2, 0) is 4.79 Å². The maximum Gasteiger partial charge on any atom is 0.295 e. The molecule has 0 bridgehead atoms. The number of nitrogens with one attached hydrogen (secondary N) is 1. The molecule has 1 atom stereocenters. The molecule has 3 heteroatoms. The zero-order valence-corrected chi connectivity index (χ0v) is 8.42. The van der Waals surface area contributed by atoms with E-state index in [4.69, 9.17) is 6.42 Å². The van der Waals surface area contributed by atoms with E-state index in [0.29, 0.717) is 12.3 Å². The molecule has 0 aromatic rings. The molecule has 0 aromatic carbocycles. The monoisotopic (exact) mass is 183 g/mol. The fourth-order valence-corrected chi connectivity index (χ4v) is 1.27. The van der Waals surface area contributed by atoms with Gasteiger partial charge in [0.05, 0.1) is 5.60 Å². The molecule has 74 valence electrons. The molecule has 0 aliphatic heterocycles. The summed E-state index contributed by atoms with van der Waals surface area (Å²) in [5, 5.41) is 12.2. The second-order valence-corrected chi connectivity index (χ2v) is 3.92. The van der Waals surface area contributed by atoms with Gasteiger partial charge < -0.3 is 10.4 Å². The summed E-state index contributed by atoms with van der Waals surface area (Å²) in [4.78, 5) is 10.7. The third-order valence-corrected chi connectivity index (χ3v) is 1.61. The lowest BCUT2D eigenvalue weighted by atomic mass is 9.94. The van der Waals surface area contributed by atoms with Gasteiger partial charge in [0.25, 0.3) is 5.91 Å². The number of hydrogen-bond acceptors (Lipinski definition) is 2. The van der Waals surface area contributed by atoms with Gasteiger partial charge in [-0.15, -0.1) is 6.42 Å². The van der Waals surface area contributed by atoms with E-state index >= 15 is 0 Å². The Kier molecular flexibility index (Phi) is 4.50. The van der Waals surface area contributed by atoms with Crippen molar-refractivity contribution in [2.75, 3.05) is 6.54 Å². The highest BCUT2D eigenvalue weighted by atomic mass is 16.3. The van der Waals surface area contributed by atoms with Crippen LogP contribution in [0.2, 0.25) is 0 Å². The van der Waals surface area contributed by atoms with Gasteiger partial charge >= 0.3 is 0 Å². The Labute approximate surface area is 79.5 Å². The van der Waals surface area contributed by atoms with Crippen LogP contribution >= 0.6 is 0 Å². The summed E-state index contributed by atoms with van der Waals surface area (Å²) in [5.41, 5.74) is -0.874. The van der Waals surface area contributed by atoms with E-state index in [1.807, 2.05) is 19.8 Å². The molecule has 2 N–H and O–H groups in total. The SMILES string of the molecule is C#CC(=O)NCC(C)(O)CC(C)C. The van der Waals surface area contributed by atoms with Crippen molar-refractivity contribution in [3.05, 3.63) is 0 Å². The highest BCUT2D eigenvalue weighted by Gasteiger charge is 2.21. The number of carbonyl (C=O) groups is 1. The normalized spacial score (nSPS) is 14.8. The Morgan fingerprint density at radius 3 is 2.62 bits per heavy atom. The largest absolute Gasteiger partial charge is 0.388 e. The van der Waals surface area contributed by atoms with E-state index in [0.717, 1.165) is 0 Å². The first-order valence-corrected chi connectivity index (χ1v) is 4.34. The molecule has 3 nitrogen and oxygen atoms in total. The van der Waals surface area contributed by atoms with Crippen LogP contribution in [0.5, 0.6) is 0 Å². The van der Waals surface area contributed by atoms with Gasteiger partial charge in [0, 0.05) is 6.54 Å². The molecule has 0 fully saturated rings. The van der Waals surface area contributed by atoms with Crippen molar-refractivity contribution in [3.8, 4) is 12.3 Å². The zero-order valence-electron chi connectivity index (χ0n) is 8.42. The molecule has 1 unspecified atom stereocenters. The molecule has 1 amide bonds. The van der Waals surface area contributed by atoms with Crippen molar-refractivity contribution < 1.29 is 9.90 Å². The Morgan fingerprint density at radius 1 is 1.69 bits per heavy atom. The minimum atomic E-state index is -0.874. The van der Waals surface area contributed by atoms with E-state index in [1.165, 1.54) is 0 Å². The van der Waals surface area contributed by atoms with Gasteiger partial charge in [-0.25, -0.2) is 0 Å². The van der Waals surface area contributed by atoms with Crippen LogP contribution in [0.3, 0.4) is 0 Å². The standard InChI is InChI=1S/C10H17NO2/c1-5-9(12)11-7-10(4,13)6-8(2)3/h1,8,13H,6-7H2,2-4H3,(H,11,12). The van der Waals surface area contributed by atoms with Gasteiger partial charge in [-0.1, -0.05) is 13.8 Å². The van der Waals surface area contributed by atoms with Gasteiger partial charge in [-0.2, -0.15) is 0 Å². The molecule has 0 heterocycles. The first-order valence-electron chi connectivity index (χ1n) is 4.34. The topological polar surface area (TPSA) is 49.3 Å². The molecule has 0 aliphatic rings. The van der Waals surface area contributed by atoms with Crippen LogP contribution in [0.25, 0.3) is 0 Å². The molecular formula is C10H17NO2. The Morgan fingerprint density at radius 2 is 2.23 bits per heavy atom. The first kappa shape index (κ1) is 12.0. The summed E-state index contributed by atoms with van der Waals surface area (Å²) >= 11 is 0. The van der Waals surface area contributed by atoms with Crippen LogP contribution in [0.1, 0.15) is 27.2 Å². The maximum absolute atomic E-state index is 10.7. The lowest BCUT2D eigenvalue weighted by Crippen LogP contribution is -2.41. The number of amides is 1. The molecule has 0 aliphatic carbocycles. The van der Waals surface area contributed by atoms with Crippen LogP contribution in [0, 0.1) is 18.3 Å². The number of carbonyl (C=O) groups excluding carboxylic acids is 1. The number of hydrogen-bond donors (Lipinski definition) is 2. The predicted molar refractivity (Wildman–Crippen MR) is 51.9 cm³/mol. The molecule has 0 spiro atoms. The zero-order chi connectivity index (χ0) is 10.5. The Hall–Kier alpha value is -1.01. The van der Waals surface area contributed by atoms with E-state index in [-0.39, 0.29) is 6.54 Å². The van der Waals surface area contributed by atoms with Crippen molar-refractivity contribution in [2.45, 2.75) is 32.8 Å². The smallest absolute Gasteiger partial charge is 0.295 e. The third kappa shape index (κ3) is 6.18. The van der Waals surface area contributed by atoms with Crippen molar-refractivity contribution >= 4 is 5.91 Å². The van der Waals surface area contributed by atoms with Crippen molar-refractivity contribution in [1.29, 1.82) is 0 Å². The third-order valence-electron chi connectivity index (χ3n) is 1.61. The van der Waals surface area contributed by atoms with Crippen LogP contribution < -0.4 is 5.32 Å². The lowest BCUT2D eigenvalue weighted by Gasteiger charge is -2.24. The average Bonchev–Trinajstić information content (AvgIpc) is 1.98. The van der Waals surface area contributed by atoms with Crippen molar-refractivity contribution in [3.63, 3.8) is 0 Å². The molecule has 0 rings (SSSR count). The van der Waals surface area contributed by atoms with Crippen LogP contribution in [-0.4, -0.2) is 23.2 Å². The average molecular weight is 183 g/mol. The van der Waals surface area contributed by atoms with Gasteiger partial charge in [0.2, 0.25) is 0 Å². The summed E-state index contributed by atoms with van der Waals surface area (Å²) in [6, 6.07) is 0. The number of terminal acetylenes is 1. The first-order chi connectivity index (χ1) is 5.87. The highest BCUT2D eigenvalue weighted by molar-refractivity contribution is 5.92. The second-order valence-electron chi connectivity index (χ2n) is 3.92.